The van der Waals surface area contributed by atoms with Crippen LogP contribution in [0.3, 0.4) is 0 Å². The summed E-state index contributed by atoms with van der Waals surface area (Å²) in [6, 6.07) is 22.0. The number of fused-ring (bicyclic) bond motifs is 1. The third-order valence-corrected chi connectivity index (χ3v) is 5.44. The minimum atomic E-state index is 0.0492. The molecule has 2 fully saturated rings. The van der Waals surface area contributed by atoms with Crippen molar-refractivity contribution in [2.24, 2.45) is 5.92 Å². The van der Waals surface area contributed by atoms with Crippen molar-refractivity contribution in [3.05, 3.63) is 71.8 Å². The first-order valence-corrected chi connectivity index (χ1v) is 8.14. The fourth-order valence-electron chi connectivity index (χ4n) is 4.44. The molecule has 1 saturated carbocycles. The average Bonchev–Trinajstić information content (AvgIpc) is 2.97. The minimum Gasteiger partial charge on any atom is -0.377 e. The Morgan fingerprint density at radius 1 is 0.762 bits per heavy atom. The summed E-state index contributed by atoms with van der Waals surface area (Å²) in [6.07, 6.45) is 5.62. The van der Waals surface area contributed by atoms with Crippen molar-refractivity contribution < 1.29 is 4.74 Å². The summed E-state index contributed by atoms with van der Waals surface area (Å²) in [5, 5.41) is 0. The van der Waals surface area contributed by atoms with E-state index < -0.39 is 0 Å². The molecule has 0 spiro atoms. The molecule has 2 aromatic carbocycles. The Bertz CT molecular complexity index is 550. The predicted molar refractivity (Wildman–Crippen MR) is 85.4 cm³/mol. The molecule has 0 bridgehead atoms. The molecule has 0 radical (unpaired) electrons. The first kappa shape index (κ1) is 13.1. The molecule has 21 heavy (non-hydrogen) atoms. The van der Waals surface area contributed by atoms with E-state index in [4.69, 9.17) is 4.74 Å². The molecule has 2 unspecified atom stereocenters. The highest BCUT2D eigenvalue weighted by Gasteiger charge is 2.51. The van der Waals surface area contributed by atoms with Crippen LogP contribution in [0, 0.1) is 5.92 Å². The van der Waals surface area contributed by atoms with Crippen molar-refractivity contribution in [3.8, 4) is 0 Å². The van der Waals surface area contributed by atoms with E-state index in [0.29, 0.717) is 12.0 Å². The maximum atomic E-state index is 6.28. The van der Waals surface area contributed by atoms with Gasteiger partial charge in [-0.3, -0.25) is 0 Å². The Morgan fingerprint density at radius 2 is 1.33 bits per heavy atom. The Hall–Kier alpha value is -1.60. The maximum Gasteiger partial charge on any atom is 0.0616 e. The first-order valence-electron chi connectivity index (χ1n) is 8.14. The highest BCUT2D eigenvalue weighted by atomic mass is 16.5. The third-order valence-electron chi connectivity index (χ3n) is 5.44. The second-order valence-corrected chi connectivity index (χ2v) is 6.44. The molecule has 0 N–H and O–H groups in total. The Kier molecular flexibility index (Phi) is 3.31. The smallest absolute Gasteiger partial charge is 0.0616 e. The molecule has 1 nitrogen and oxygen atoms in total. The summed E-state index contributed by atoms with van der Waals surface area (Å²) in [4.78, 5) is 0. The van der Waals surface area contributed by atoms with Gasteiger partial charge in [-0.25, -0.2) is 0 Å². The second-order valence-electron chi connectivity index (χ2n) is 6.44. The topological polar surface area (TPSA) is 9.23 Å². The zero-order valence-electron chi connectivity index (χ0n) is 12.4. The Labute approximate surface area is 127 Å². The fourth-order valence-corrected chi connectivity index (χ4v) is 4.44. The molecular weight excluding hydrogens is 256 g/mol. The van der Waals surface area contributed by atoms with E-state index in [9.17, 15) is 0 Å². The van der Waals surface area contributed by atoms with E-state index in [0.717, 1.165) is 6.61 Å². The summed E-state index contributed by atoms with van der Waals surface area (Å²) in [7, 11) is 0. The van der Waals surface area contributed by atoms with Crippen LogP contribution in [0.1, 0.15) is 36.8 Å². The molecule has 0 amide bonds. The zero-order chi connectivity index (χ0) is 14.1. The molecule has 2 aromatic rings. The largest absolute Gasteiger partial charge is 0.377 e. The van der Waals surface area contributed by atoms with E-state index >= 15 is 0 Å². The molecule has 4 rings (SSSR count). The zero-order valence-corrected chi connectivity index (χ0v) is 12.4. The van der Waals surface area contributed by atoms with E-state index in [2.05, 4.69) is 60.7 Å². The van der Waals surface area contributed by atoms with Gasteiger partial charge in [0, 0.05) is 11.3 Å². The van der Waals surface area contributed by atoms with E-state index in [1.807, 2.05) is 0 Å². The van der Waals surface area contributed by atoms with Crippen molar-refractivity contribution in [1.82, 2.24) is 0 Å². The van der Waals surface area contributed by atoms with Crippen LogP contribution >= 0.6 is 0 Å². The molecule has 1 aliphatic carbocycles. The van der Waals surface area contributed by atoms with Gasteiger partial charge in [-0.2, -0.15) is 0 Å². The lowest BCUT2D eigenvalue weighted by Crippen LogP contribution is -2.39. The lowest BCUT2D eigenvalue weighted by molar-refractivity contribution is 0.0663. The predicted octanol–water partition coefficient (Wildman–Crippen LogP) is 4.56. The van der Waals surface area contributed by atoms with Crippen LogP contribution in [-0.2, 0) is 10.2 Å². The SMILES string of the molecule is c1ccc(C2(c3ccccc3)COC3CCCCC32)cc1. The van der Waals surface area contributed by atoms with E-state index in [-0.39, 0.29) is 5.41 Å². The molecule has 2 aliphatic rings. The lowest BCUT2D eigenvalue weighted by Gasteiger charge is -2.38. The van der Waals surface area contributed by atoms with E-state index in [1.54, 1.807) is 0 Å². The van der Waals surface area contributed by atoms with Gasteiger partial charge in [0.05, 0.1) is 12.7 Å². The summed E-state index contributed by atoms with van der Waals surface area (Å²) in [6.45, 7) is 0.830. The van der Waals surface area contributed by atoms with Crippen molar-refractivity contribution in [2.75, 3.05) is 6.61 Å². The number of rotatable bonds is 2. The van der Waals surface area contributed by atoms with Crippen LogP contribution in [-0.4, -0.2) is 12.7 Å². The number of benzene rings is 2. The monoisotopic (exact) mass is 278 g/mol. The van der Waals surface area contributed by atoms with Gasteiger partial charge < -0.3 is 4.74 Å². The van der Waals surface area contributed by atoms with Crippen LogP contribution in [0.2, 0.25) is 0 Å². The third kappa shape index (κ3) is 2.03. The van der Waals surface area contributed by atoms with Gasteiger partial charge in [0.25, 0.3) is 0 Å². The fraction of sp³-hybridized carbons (Fsp3) is 0.400. The van der Waals surface area contributed by atoms with E-state index in [1.165, 1.54) is 36.8 Å². The summed E-state index contributed by atoms with van der Waals surface area (Å²) >= 11 is 0. The molecule has 1 heteroatoms. The minimum absolute atomic E-state index is 0.0492. The van der Waals surface area contributed by atoms with Gasteiger partial charge in [0.1, 0.15) is 0 Å². The van der Waals surface area contributed by atoms with Crippen LogP contribution < -0.4 is 0 Å². The van der Waals surface area contributed by atoms with Gasteiger partial charge in [-0.05, 0) is 24.0 Å². The molecule has 1 saturated heterocycles. The highest BCUT2D eigenvalue weighted by molar-refractivity contribution is 5.42. The number of hydrogen-bond donors (Lipinski definition) is 0. The summed E-state index contributed by atoms with van der Waals surface area (Å²) < 4.78 is 6.28. The normalized spacial score (nSPS) is 27.2. The van der Waals surface area contributed by atoms with Crippen LogP contribution in [0.15, 0.2) is 60.7 Å². The molecule has 1 heterocycles. The van der Waals surface area contributed by atoms with Crippen LogP contribution in [0.25, 0.3) is 0 Å². The van der Waals surface area contributed by atoms with Crippen LogP contribution in [0.4, 0.5) is 0 Å². The second kappa shape index (κ2) is 5.31. The van der Waals surface area contributed by atoms with Crippen molar-refractivity contribution in [3.63, 3.8) is 0 Å². The first-order chi connectivity index (χ1) is 10.4. The molecule has 1 aliphatic heterocycles. The van der Waals surface area contributed by atoms with Gasteiger partial charge in [0.2, 0.25) is 0 Å². The molecule has 108 valence electrons. The number of ether oxygens (including phenoxy) is 1. The summed E-state index contributed by atoms with van der Waals surface area (Å²) in [5.41, 5.74) is 2.89. The molecule has 2 atom stereocenters. The van der Waals surface area contributed by atoms with Gasteiger partial charge in [-0.1, -0.05) is 73.5 Å². The number of hydrogen-bond acceptors (Lipinski definition) is 1. The average molecular weight is 278 g/mol. The standard InChI is InChI=1S/C20H22O/c1-3-9-16(10-4-1)20(17-11-5-2-6-12-17)15-21-19-14-8-7-13-18(19)20/h1-6,9-12,18-19H,7-8,13-15H2. The van der Waals surface area contributed by atoms with Crippen molar-refractivity contribution >= 4 is 0 Å². The van der Waals surface area contributed by atoms with Crippen molar-refractivity contribution in [2.45, 2.75) is 37.2 Å². The maximum absolute atomic E-state index is 6.28. The van der Waals surface area contributed by atoms with Gasteiger partial charge >= 0.3 is 0 Å². The van der Waals surface area contributed by atoms with Crippen molar-refractivity contribution in [1.29, 1.82) is 0 Å². The van der Waals surface area contributed by atoms with Gasteiger partial charge in [0.15, 0.2) is 0 Å². The Morgan fingerprint density at radius 3 is 1.95 bits per heavy atom. The Balaban J connectivity index is 1.87. The lowest BCUT2D eigenvalue weighted by atomic mass is 9.63. The molecular formula is C20H22O. The summed E-state index contributed by atoms with van der Waals surface area (Å²) in [5.74, 6) is 0.621. The van der Waals surface area contributed by atoms with Crippen LogP contribution in [0.5, 0.6) is 0 Å². The quantitative estimate of drug-likeness (QED) is 0.782. The van der Waals surface area contributed by atoms with Gasteiger partial charge in [-0.15, -0.1) is 0 Å². The molecule has 0 aromatic heterocycles. The highest BCUT2D eigenvalue weighted by Crippen LogP contribution is 2.51.